The van der Waals surface area contributed by atoms with E-state index >= 15 is 0 Å². The summed E-state index contributed by atoms with van der Waals surface area (Å²) in [5.41, 5.74) is 0.595. The zero-order chi connectivity index (χ0) is 13.8. The predicted molar refractivity (Wildman–Crippen MR) is 71.6 cm³/mol. The minimum atomic E-state index is -3.41. The lowest BCUT2D eigenvalue weighted by atomic mass is 10.1. The largest absolute Gasteiger partial charge is 0.212 e. The zero-order valence-electron chi connectivity index (χ0n) is 10.4. The topological polar surface area (TPSA) is 46.2 Å². The molecule has 0 radical (unpaired) electrons. The van der Waals surface area contributed by atoms with Crippen molar-refractivity contribution in [3.63, 3.8) is 0 Å². The van der Waals surface area contributed by atoms with Gasteiger partial charge in [0.1, 0.15) is 5.82 Å². The molecule has 6 heteroatoms. The van der Waals surface area contributed by atoms with Gasteiger partial charge in [-0.25, -0.2) is 17.5 Å². The van der Waals surface area contributed by atoms with Crippen molar-refractivity contribution < 1.29 is 12.8 Å². The highest BCUT2D eigenvalue weighted by molar-refractivity contribution is 7.89. The number of benzene rings is 1. The molecule has 0 amide bonds. The van der Waals surface area contributed by atoms with E-state index < -0.39 is 16.1 Å². The van der Waals surface area contributed by atoms with Crippen LogP contribution < -0.4 is 4.72 Å². The molecule has 0 saturated heterocycles. The van der Waals surface area contributed by atoms with E-state index in [9.17, 15) is 12.8 Å². The maximum atomic E-state index is 13.0. The first-order valence-corrected chi connectivity index (χ1v) is 7.84. The number of nitrogens with one attached hydrogen (secondary N) is 1. The third kappa shape index (κ3) is 4.92. The molecule has 0 saturated carbocycles. The zero-order valence-corrected chi connectivity index (χ0v) is 11.9. The van der Waals surface area contributed by atoms with Crippen molar-refractivity contribution in [3.05, 3.63) is 35.6 Å². The van der Waals surface area contributed by atoms with Crippen LogP contribution in [0.3, 0.4) is 0 Å². The molecule has 18 heavy (non-hydrogen) atoms. The Bertz CT molecular complexity index is 493. The van der Waals surface area contributed by atoms with E-state index in [4.69, 9.17) is 11.6 Å². The van der Waals surface area contributed by atoms with Crippen LogP contribution in [0.5, 0.6) is 0 Å². The second-order valence-corrected chi connectivity index (χ2v) is 6.54. The molecule has 1 aromatic carbocycles. The molecule has 0 spiro atoms. The highest BCUT2D eigenvalue weighted by Gasteiger charge is 2.18. The number of halogens is 2. The van der Waals surface area contributed by atoms with Gasteiger partial charge in [0.2, 0.25) is 10.0 Å². The average molecular weight is 294 g/mol. The Morgan fingerprint density at radius 2 is 2.06 bits per heavy atom. The van der Waals surface area contributed by atoms with E-state index in [1.54, 1.807) is 26.0 Å². The highest BCUT2D eigenvalue weighted by Crippen LogP contribution is 2.15. The first kappa shape index (κ1) is 15.4. The molecule has 3 nitrogen and oxygen atoms in total. The Labute approximate surface area is 112 Å². The molecule has 1 aromatic rings. The molecule has 2 atom stereocenters. The molecule has 0 aromatic heterocycles. The maximum absolute atomic E-state index is 13.0. The van der Waals surface area contributed by atoms with Crippen LogP contribution in [0.25, 0.3) is 0 Å². The van der Waals surface area contributed by atoms with E-state index in [-0.39, 0.29) is 23.4 Å². The molecule has 0 aliphatic carbocycles. The van der Waals surface area contributed by atoms with Crippen molar-refractivity contribution in [2.45, 2.75) is 19.9 Å². The molecule has 1 N–H and O–H groups in total. The summed E-state index contributed by atoms with van der Waals surface area (Å²) in [6.45, 7) is 3.44. The highest BCUT2D eigenvalue weighted by atomic mass is 35.5. The Kier molecular flexibility index (Phi) is 5.56. The monoisotopic (exact) mass is 293 g/mol. The van der Waals surface area contributed by atoms with Crippen molar-refractivity contribution in [2.75, 3.05) is 11.6 Å². The molecule has 1 unspecified atom stereocenters. The van der Waals surface area contributed by atoms with Crippen molar-refractivity contribution in [2.24, 2.45) is 5.92 Å². The summed E-state index contributed by atoms with van der Waals surface area (Å²) in [5.74, 6) is -0.248. The summed E-state index contributed by atoms with van der Waals surface area (Å²) in [6.07, 6.45) is 0. The van der Waals surface area contributed by atoms with E-state index in [1.807, 2.05) is 0 Å². The van der Waals surface area contributed by atoms with Gasteiger partial charge in [0.15, 0.2) is 0 Å². The van der Waals surface area contributed by atoms with Crippen LogP contribution >= 0.6 is 11.6 Å². The molecular weight excluding hydrogens is 277 g/mol. The third-order valence-electron chi connectivity index (χ3n) is 2.47. The fourth-order valence-electron chi connectivity index (χ4n) is 1.58. The van der Waals surface area contributed by atoms with Crippen LogP contribution in [0.1, 0.15) is 25.5 Å². The van der Waals surface area contributed by atoms with E-state index in [0.29, 0.717) is 5.56 Å². The maximum Gasteiger partial charge on any atom is 0.212 e. The van der Waals surface area contributed by atoms with Gasteiger partial charge in [-0.05, 0) is 30.5 Å². The van der Waals surface area contributed by atoms with Crippen LogP contribution in [-0.4, -0.2) is 20.1 Å². The first-order chi connectivity index (χ1) is 8.34. The lowest BCUT2D eigenvalue weighted by molar-refractivity contribution is 0.553. The van der Waals surface area contributed by atoms with Gasteiger partial charge in [0.25, 0.3) is 0 Å². The number of hydrogen-bond donors (Lipinski definition) is 1. The lowest BCUT2D eigenvalue weighted by Crippen LogP contribution is -2.31. The summed E-state index contributed by atoms with van der Waals surface area (Å²) in [7, 11) is -3.41. The second kappa shape index (κ2) is 6.50. The quantitative estimate of drug-likeness (QED) is 0.820. The van der Waals surface area contributed by atoms with Gasteiger partial charge < -0.3 is 0 Å². The number of alkyl halides is 1. The standard InChI is InChI=1S/C12H17ClFNO2S/c1-9(7-13)8-18(16,17)15-10(2)11-4-3-5-12(14)6-11/h3-6,9-10,15H,7-8H2,1-2H3/t9?,10-/m0/s1. The lowest BCUT2D eigenvalue weighted by Gasteiger charge is -2.16. The molecule has 102 valence electrons. The summed E-state index contributed by atoms with van der Waals surface area (Å²) >= 11 is 5.59. The summed E-state index contributed by atoms with van der Waals surface area (Å²) in [6, 6.07) is 5.41. The first-order valence-electron chi connectivity index (χ1n) is 5.65. The van der Waals surface area contributed by atoms with Gasteiger partial charge in [0.05, 0.1) is 5.75 Å². The molecule has 0 aliphatic rings. The van der Waals surface area contributed by atoms with Gasteiger partial charge in [0, 0.05) is 11.9 Å². The third-order valence-corrected chi connectivity index (χ3v) is 4.72. The van der Waals surface area contributed by atoms with E-state index in [1.165, 1.54) is 12.1 Å². The Morgan fingerprint density at radius 3 is 2.61 bits per heavy atom. The van der Waals surface area contributed by atoms with Crippen LogP contribution in [0, 0.1) is 11.7 Å². The van der Waals surface area contributed by atoms with Crippen molar-refractivity contribution >= 4 is 21.6 Å². The fourth-order valence-corrected chi connectivity index (χ4v) is 3.46. The Morgan fingerprint density at radius 1 is 1.39 bits per heavy atom. The van der Waals surface area contributed by atoms with E-state index in [0.717, 1.165) is 0 Å². The van der Waals surface area contributed by atoms with Crippen LogP contribution in [0.15, 0.2) is 24.3 Å². The second-order valence-electron chi connectivity index (χ2n) is 4.44. The molecule has 0 aliphatic heterocycles. The minimum absolute atomic E-state index is 0.0316. The van der Waals surface area contributed by atoms with Gasteiger partial charge >= 0.3 is 0 Å². The van der Waals surface area contributed by atoms with E-state index in [2.05, 4.69) is 4.72 Å². The molecule has 0 bridgehead atoms. The Balaban J connectivity index is 2.72. The normalized spacial score (nSPS) is 15.3. The van der Waals surface area contributed by atoms with Crippen LogP contribution in [0.2, 0.25) is 0 Å². The summed E-state index contributed by atoms with van der Waals surface area (Å²) in [4.78, 5) is 0. The molecule has 0 fully saturated rings. The van der Waals surface area contributed by atoms with Crippen molar-refractivity contribution in [1.82, 2.24) is 4.72 Å². The van der Waals surface area contributed by atoms with Gasteiger partial charge in [-0.1, -0.05) is 19.1 Å². The predicted octanol–water partition coefficient (Wildman–Crippen LogP) is 2.68. The van der Waals surface area contributed by atoms with Crippen molar-refractivity contribution in [1.29, 1.82) is 0 Å². The average Bonchev–Trinajstić information content (AvgIpc) is 2.27. The number of rotatable bonds is 6. The smallest absolute Gasteiger partial charge is 0.212 e. The number of hydrogen-bond acceptors (Lipinski definition) is 2. The van der Waals surface area contributed by atoms with Gasteiger partial charge in [-0.2, -0.15) is 0 Å². The number of sulfonamides is 1. The summed E-state index contributed by atoms with van der Waals surface area (Å²) in [5, 5.41) is 0. The summed E-state index contributed by atoms with van der Waals surface area (Å²) < 4.78 is 39.2. The molecule has 0 heterocycles. The SMILES string of the molecule is CC(CCl)CS(=O)(=O)N[C@@H](C)c1cccc(F)c1. The van der Waals surface area contributed by atoms with Crippen LogP contribution in [-0.2, 0) is 10.0 Å². The van der Waals surface area contributed by atoms with Crippen LogP contribution in [0.4, 0.5) is 4.39 Å². The minimum Gasteiger partial charge on any atom is -0.212 e. The molecular formula is C12H17ClFNO2S. The van der Waals surface area contributed by atoms with Crippen molar-refractivity contribution in [3.8, 4) is 0 Å². The fraction of sp³-hybridized carbons (Fsp3) is 0.500. The van der Waals surface area contributed by atoms with Gasteiger partial charge in [-0.3, -0.25) is 0 Å². The Hall–Kier alpha value is -0.650. The molecule has 1 rings (SSSR count). The van der Waals surface area contributed by atoms with Gasteiger partial charge in [-0.15, -0.1) is 11.6 Å².